The van der Waals surface area contributed by atoms with Gasteiger partial charge in [0, 0.05) is 5.02 Å². The van der Waals surface area contributed by atoms with Crippen LogP contribution in [0.25, 0.3) is 23.2 Å². The third-order valence-corrected chi connectivity index (χ3v) is 4.51. The highest BCUT2D eigenvalue weighted by atomic mass is 35.5. The van der Waals surface area contributed by atoms with Crippen molar-refractivity contribution < 1.29 is 4.74 Å². The fraction of sp³-hybridized carbons (Fsp3) is 0.0435. The molecule has 0 amide bonds. The number of halogens is 1. The quantitative estimate of drug-likeness (QED) is 0.503. The maximum Gasteiger partial charge on any atom is 0.274 e. The number of nitrogens with one attached hydrogen (secondary N) is 1. The molecule has 4 aromatic rings. The molecule has 28 heavy (non-hydrogen) atoms. The minimum Gasteiger partial charge on any atom is -0.489 e. The molecule has 0 spiro atoms. The number of aromatic amines is 1. The number of benzene rings is 3. The third kappa shape index (κ3) is 4.30. The van der Waals surface area contributed by atoms with Crippen LogP contribution in [0.1, 0.15) is 16.8 Å². The average Bonchev–Trinajstić information content (AvgIpc) is 2.72. The standard InChI is InChI=1S/C23H17ClN2O2/c24-18-10-5-17(6-11-18)15-28-19-12-7-16(8-13-19)9-14-22-23(27)26-21-4-2-1-3-20(21)25-22/h1-14H,15H2,(H,26,27)/b14-9+. The third-order valence-electron chi connectivity index (χ3n) is 4.26. The van der Waals surface area contributed by atoms with Crippen LogP contribution in [0.4, 0.5) is 0 Å². The van der Waals surface area contributed by atoms with Crippen molar-refractivity contribution in [2.45, 2.75) is 6.61 Å². The normalized spacial score (nSPS) is 11.2. The van der Waals surface area contributed by atoms with Crippen molar-refractivity contribution >= 4 is 34.8 Å². The Balaban J connectivity index is 1.45. The van der Waals surface area contributed by atoms with Crippen molar-refractivity contribution in [1.29, 1.82) is 0 Å². The Bertz CT molecular complexity index is 1180. The van der Waals surface area contributed by atoms with E-state index in [1.807, 2.05) is 78.9 Å². The highest BCUT2D eigenvalue weighted by Crippen LogP contribution is 2.17. The second kappa shape index (κ2) is 8.11. The van der Waals surface area contributed by atoms with E-state index in [1.165, 1.54) is 0 Å². The van der Waals surface area contributed by atoms with Crippen molar-refractivity contribution in [3.8, 4) is 5.75 Å². The average molecular weight is 389 g/mol. The fourth-order valence-corrected chi connectivity index (χ4v) is 2.88. The number of fused-ring (bicyclic) bond motifs is 1. The summed E-state index contributed by atoms with van der Waals surface area (Å²) < 4.78 is 5.78. The van der Waals surface area contributed by atoms with Gasteiger partial charge in [0.1, 0.15) is 18.1 Å². The summed E-state index contributed by atoms with van der Waals surface area (Å²) in [5, 5.41) is 0.708. The summed E-state index contributed by atoms with van der Waals surface area (Å²) in [7, 11) is 0. The van der Waals surface area contributed by atoms with Crippen molar-refractivity contribution in [2.75, 3.05) is 0 Å². The van der Waals surface area contributed by atoms with E-state index in [2.05, 4.69) is 9.97 Å². The van der Waals surface area contributed by atoms with Gasteiger partial charge in [-0.05, 0) is 53.6 Å². The molecule has 0 saturated carbocycles. The lowest BCUT2D eigenvalue weighted by Gasteiger charge is -2.06. The van der Waals surface area contributed by atoms with Gasteiger partial charge < -0.3 is 9.72 Å². The van der Waals surface area contributed by atoms with E-state index in [-0.39, 0.29) is 5.56 Å². The Hall–Kier alpha value is -3.37. The number of hydrogen-bond donors (Lipinski definition) is 1. The summed E-state index contributed by atoms with van der Waals surface area (Å²) in [6.07, 6.45) is 3.57. The zero-order valence-electron chi connectivity index (χ0n) is 14.9. The Morgan fingerprint density at radius 2 is 1.68 bits per heavy atom. The predicted octanol–water partition coefficient (Wildman–Crippen LogP) is 5.33. The van der Waals surface area contributed by atoms with E-state index in [0.717, 1.165) is 27.9 Å². The fourth-order valence-electron chi connectivity index (χ4n) is 2.75. The first-order valence-electron chi connectivity index (χ1n) is 8.82. The summed E-state index contributed by atoms with van der Waals surface area (Å²) in [6.45, 7) is 0.475. The second-order valence-electron chi connectivity index (χ2n) is 6.29. The van der Waals surface area contributed by atoms with Crippen molar-refractivity contribution in [1.82, 2.24) is 9.97 Å². The van der Waals surface area contributed by atoms with E-state index in [1.54, 1.807) is 6.08 Å². The number of para-hydroxylation sites is 2. The maximum absolute atomic E-state index is 12.2. The highest BCUT2D eigenvalue weighted by molar-refractivity contribution is 6.30. The minimum atomic E-state index is -0.210. The monoisotopic (exact) mass is 388 g/mol. The molecule has 1 aromatic heterocycles. The number of aromatic nitrogens is 2. The molecule has 1 N–H and O–H groups in total. The minimum absolute atomic E-state index is 0.210. The summed E-state index contributed by atoms with van der Waals surface area (Å²) >= 11 is 5.89. The van der Waals surface area contributed by atoms with E-state index < -0.39 is 0 Å². The summed E-state index contributed by atoms with van der Waals surface area (Å²) in [6, 6.07) is 22.7. The zero-order valence-corrected chi connectivity index (χ0v) is 15.7. The molecule has 4 rings (SSSR count). The summed E-state index contributed by atoms with van der Waals surface area (Å²) in [5.41, 5.74) is 3.65. The molecule has 5 heteroatoms. The molecule has 0 aliphatic heterocycles. The van der Waals surface area contributed by atoms with Crippen molar-refractivity contribution in [3.05, 3.63) is 105 Å². The van der Waals surface area contributed by atoms with Crippen LogP contribution in [-0.2, 0) is 6.61 Å². The van der Waals surface area contributed by atoms with Gasteiger partial charge in [-0.25, -0.2) is 4.98 Å². The van der Waals surface area contributed by atoms with Gasteiger partial charge in [0.05, 0.1) is 11.0 Å². The first-order valence-corrected chi connectivity index (χ1v) is 9.20. The van der Waals surface area contributed by atoms with Gasteiger partial charge >= 0.3 is 0 Å². The Morgan fingerprint density at radius 3 is 2.46 bits per heavy atom. The number of ether oxygens (including phenoxy) is 1. The SMILES string of the molecule is O=c1[nH]c2ccccc2nc1/C=C/c1ccc(OCc2ccc(Cl)cc2)cc1. The molecule has 0 fully saturated rings. The van der Waals surface area contributed by atoms with E-state index in [9.17, 15) is 4.79 Å². The Morgan fingerprint density at radius 1 is 0.929 bits per heavy atom. The molecule has 0 atom stereocenters. The molecule has 0 unspecified atom stereocenters. The van der Waals surface area contributed by atoms with Crippen LogP contribution >= 0.6 is 11.6 Å². The molecule has 1 heterocycles. The van der Waals surface area contributed by atoms with Gasteiger partial charge in [0.25, 0.3) is 5.56 Å². The van der Waals surface area contributed by atoms with Gasteiger partial charge in [-0.3, -0.25) is 4.79 Å². The predicted molar refractivity (Wildman–Crippen MR) is 114 cm³/mol. The molecular weight excluding hydrogens is 372 g/mol. The molecule has 0 aliphatic rings. The number of nitrogens with zero attached hydrogens (tertiary/aromatic N) is 1. The van der Waals surface area contributed by atoms with Crippen LogP contribution in [0.2, 0.25) is 5.02 Å². The number of hydrogen-bond acceptors (Lipinski definition) is 3. The molecule has 3 aromatic carbocycles. The Labute approximate surface area is 167 Å². The van der Waals surface area contributed by atoms with E-state index in [0.29, 0.717) is 17.3 Å². The molecule has 0 saturated heterocycles. The van der Waals surface area contributed by atoms with Gasteiger partial charge in [-0.1, -0.05) is 54.1 Å². The van der Waals surface area contributed by atoms with Crippen molar-refractivity contribution in [3.63, 3.8) is 0 Å². The Kier molecular flexibility index (Phi) is 5.22. The van der Waals surface area contributed by atoms with Crippen LogP contribution in [-0.4, -0.2) is 9.97 Å². The van der Waals surface area contributed by atoms with Crippen LogP contribution in [0, 0.1) is 0 Å². The van der Waals surface area contributed by atoms with Gasteiger partial charge in [-0.15, -0.1) is 0 Å². The molecule has 4 nitrogen and oxygen atoms in total. The molecule has 138 valence electrons. The molecular formula is C23H17ClN2O2. The van der Waals surface area contributed by atoms with Crippen LogP contribution < -0.4 is 10.3 Å². The first kappa shape index (κ1) is 18.0. The summed E-state index contributed by atoms with van der Waals surface area (Å²) in [5.74, 6) is 0.772. The lowest BCUT2D eigenvalue weighted by molar-refractivity contribution is 0.306. The van der Waals surface area contributed by atoms with Gasteiger partial charge in [-0.2, -0.15) is 0 Å². The largest absolute Gasteiger partial charge is 0.489 e. The lowest BCUT2D eigenvalue weighted by Crippen LogP contribution is -2.11. The topological polar surface area (TPSA) is 55.0 Å². The number of H-pyrrole nitrogens is 1. The highest BCUT2D eigenvalue weighted by Gasteiger charge is 2.01. The summed E-state index contributed by atoms with van der Waals surface area (Å²) in [4.78, 5) is 19.4. The van der Waals surface area contributed by atoms with E-state index in [4.69, 9.17) is 16.3 Å². The van der Waals surface area contributed by atoms with Crippen molar-refractivity contribution in [2.24, 2.45) is 0 Å². The van der Waals surface area contributed by atoms with Crippen LogP contribution in [0.15, 0.2) is 77.6 Å². The molecule has 0 radical (unpaired) electrons. The zero-order chi connectivity index (χ0) is 19.3. The molecule has 0 aliphatic carbocycles. The van der Waals surface area contributed by atoms with Gasteiger partial charge in [0.15, 0.2) is 0 Å². The maximum atomic E-state index is 12.2. The van der Waals surface area contributed by atoms with E-state index >= 15 is 0 Å². The van der Waals surface area contributed by atoms with Crippen LogP contribution in [0.3, 0.4) is 0 Å². The van der Waals surface area contributed by atoms with Crippen LogP contribution in [0.5, 0.6) is 5.75 Å². The second-order valence-corrected chi connectivity index (χ2v) is 6.72. The number of rotatable bonds is 5. The molecule has 0 bridgehead atoms. The first-order chi connectivity index (χ1) is 13.7. The lowest BCUT2D eigenvalue weighted by atomic mass is 10.2. The smallest absolute Gasteiger partial charge is 0.274 e. The van der Waals surface area contributed by atoms with Gasteiger partial charge in [0.2, 0.25) is 0 Å².